The van der Waals surface area contributed by atoms with Gasteiger partial charge in [-0.3, -0.25) is 0 Å². The first-order valence-corrected chi connectivity index (χ1v) is 7.73. The van der Waals surface area contributed by atoms with Crippen LogP contribution in [0.15, 0.2) is 23.1 Å². The zero-order valence-corrected chi connectivity index (χ0v) is 11.9. The molecule has 0 amide bonds. The SMILES string of the molecule is CCCCOCCNc1cc(S(N)(=O)=O)ccc1N. The van der Waals surface area contributed by atoms with Crippen molar-refractivity contribution in [2.24, 2.45) is 5.14 Å². The maximum Gasteiger partial charge on any atom is 0.238 e. The van der Waals surface area contributed by atoms with Gasteiger partial charge in [0, 0.05) is 13.2 Å². The molecule has 0 radical (unpaired) electrons. The van der Waals surface area contributed by atoms with Gasteiger partial charge in [0.25, 0.3) is 0 Å². The first-order chi connectivity index (χ1) is 8.95. The Morgan fingerprint density at radius 1 is 1.32 bits per heavy atom. The third-order valence-corrected chi connectivity index (χ3v) is 3.47. The molecule has 0 atom stereocenters. The number of hydrogen-bond acceptors (Lipinski definition) is 5. The number of hydrogen-bond donors (Lipinski definition) is 3. The molecule has 0 unspecified atom stereocenters. The molecule has 0 spiro atoms. The van der Waals surface area contributed by atoms with Gasteiger partial charge in [-0.15, -0.1) is 0 Å². The summed E-state index contributed by atoms with van der Waals surface area (Å²) in [6.07, 6.45) is 2.12. The molecule has 19 heavy (non-hydrogen) atoms. The van der Waals surface area contributed by atoms with Crippen molar-refractivity contribution in [1.29, 1.82) is 0 Å². The number of anilines is 2. The van der Waals surface area contributed by atoms with Crippen molar-refractivity contribution in [1.82, 2.24) is 0 Å². The van der Waals surface area contributed by atoms with Crippen LogP contribution in [-0.2, 0) is 14.8 Å². The van der Waals surface area contributed by atoms with Crippen molar-refractivity contribution in [3.63, 3.8) is 0 Å². The minimum Gasteiger partial charge on any atom is -0.397 e. The monoisotopic (exact) mass is 287 g/mol. The van der Waals surface area contributed by atoms with Crippen LogP contribution in [0.2, 0.25) is 0 Å². The summed E-state index contributed by atoms with van der Waals surface area (Å²) >= 11 is 0. The van der Waals surface area contributed by atoms with Crippen LogP contribution >= 0.6 is 0 Å². The van der Waals surface area contributed by atoms with Gasteiger partial charge in [-0.25, -0.2) is 13.6 Å². The van der Waals surface area contributed by atoms with E-state index < -0.39 is 10.0 Å². The Hall–Kier alpha value is -1.31. The number of rotatable bonds is 8. The van der Waals surface area contributed by atoms with Gasteiger partial charge in [0.2, 0.25) is 10.0 Å². The van der Waals surface area contributed by atoms with E-state index >= 15 is 0 Å². The lowest BCUT2D eigenvalue weighted by molar-refractivity contribution is 0.141. The lowest BCUT2D eigenvalue weighted by Crippen LogP contribution is -2.14. The summed E-state index contributed by atoms with van der Waals surface area (Å²) in [7, 11) is -3.71. The number of nitrogens with two attached hydrogens (primary N) is 2. The Morgan fingerprint density at radius 2 is 2.05 bits per heavy atom. The lowest BCUT2D eigenvalue weighted by atomic mass is 10.2. The van der Waals surface area contributed by atoms with Crippen LogP contribution in [-0.4, -0.2) is 28.2 Å². The Bertz CT molecular complexity index is 503. The molecule has 0 aliphatic rings. The van der Waals surface area contributed by atoms with Gasteiger partial charge < -0.3 is 15.8 Å². The van der Waals surface area contributed by atoms with E-state index in [4.69, 9.17) is 15.6 Å². The van der Waals surface area contributed by atoms with Gasteiger partial charge in [-0.1, -0.05) is 13.3 Å². The molecular weight excluding hydrogens is 266 g/mol. The van der Waals surface area contributed by atoms with E-state index in [1.54, 1.807) is 0 Å². The van der Waals surface area contributed by atoms with E-state index in [1.807, 2.05) is 0 Å². The van der Waals surface area contributed by atoms with Crippen molar-refractivity contribution >= 4 is 21.4 Å². The van der Waals surface area contributed by atoms with Gasteiger partial charge in [-0.05, 0) is 24.6 Å². The predicted molar refractivity (Wildman–Crippen MR) is 76.4 cm³/mol. The first kappa shape index (κ1) is 15.7. The Morgan fingerprint density at radius 3 is 2.68 bits per heavy atom. The highest BCUT2D eigenvalue weighted by molar-refractivity contribution is 7.89. The minimum atomic E-state index is -3.71. The summed E-state index contributed by atoms with van der Waals surface area (Å²) in [6, 6.07) is 4.32. The van der Waals surface area contributed by atoms with Gasteiger partial charge >= 0.3 is 0 Å². The van der Waals surface area contributed by atoms with E-state index in [2.05, 4.69) is 12.2 Å². The topological polar surface area (TPSA) is 107 Å². The number of nitrogens with one attached hydrogen (secondary N) is 1. The van der Waals surface area contributed by atoms with Crippen LogP contribution in [0.5, 0.6) is 0 Å². The van der Waals surface area contributed by atoms with Crippen LogP contribution < -0.4 is 16.2 Å². The molecule has 0 bridgehead atoms. The third kappa shape index (κ3) is 5.46. The van der Waals surface area contributed by atoms with Crippen LogP contribution in [0.3, 0.4) is 0 Å². The van der Waals surface area contributed by atoms with E-state index in [0.717, 1.165) is 19.4 Å². The molecule has 1 aromatic rings. The molecule has 7 heteroatoms. The molecule has 1 aromatic carbocycles. The molecule has 0 fully saturated rings. The van der Waals surface area contributed by atoms with Crippen LogP contribution in [0.4, 0.5) is 11.4 Å². The van der Waals surface area contributed by atoms with Crippen molar-refractivity contribution < 1.29 is 13.2 Å². The molecule has 108 valence electrons. The Kier molecular flexibility index (Phi) is 6.07. The van der Waals surface area contributed by atoms with E-state index in [9.17, 15) is 8.42 Å². The van der Waals surface area contributed by atoms with E-state index in [1.165, 1.54) is 18.2 Å². The van der Waals surface area contributed by atoms with Gasteiger partial charge in [0.15, 0.2) is 0 Å². The van der Waals surface area contributed by atoms with Gasteiger partial charge in [0.05, 0.1) is 22.9 Å². The highest BCUT2D eigenvalue weighted by Gasteiger charge is 2.09. The quantitative estimate of drug-likeness (QED) is 0.491. The summed E-state index contributed by atoms with van der Waals surface area (Å²) in [5, 5.41) is 8.10. The molecular formula is C12H21N3O3S. The molecule has 0 aliphatic heterocycles. The second-order valence-corrected chi connectivity index (χ2v) is 5.75. The molecule has 0 saturated carbocycles. The maximum atomic E-state index is 11.2. The van der Waals surface area contributed by atoms with Crippen LogP contribution in [0, 0.1) is 0 Å². The molecule has 1 rings (SSSR count). The van der Waals surface area contributed by atoms with Crippen LogP contribution in [0.25, 0.3) is 0 Å². The van der Waals surface area contributed by atoms with Gasteiger partial charge in [-0.2, -0.15) is 0 Å². The van der Waals surface area contributed by atoms with E-state index in [-0.39, 0.29) is 4.90 Å². The third-order valence-electron chi connectivity index (χ3n) is 2.56. The summed E-state index contributed by atoms with van der Waals surface area (Å²) in [4.78, 5) is 0.0381. The average molecular weight is 287 g/mol. The number of primary sulfonamides is 1. The number of nitrogen functional groups attached to an aromatic ring is 1. The number of benzene rings is 1. The van der Waals surface area contributed by atoms with Crippen molar-refractivity contribution in [3.05, 3.63) is 18.2 Å². The van der Waals surface area contributed by atoms with Crippen molar-refractivity contribution in [2.45, 2.75) is 24.7 Å². The fraction of sp³-hybridized carbons (Fsp3) is 0.500. The molecule has 0 aromatic heterocycles. The predicted octanol–water partition coefficient (Wildman–Crippen LogP) is 1.14. The zero-order chi connectivity index (χ0) is 14.3. The van der Waals surface area contributed by atoms with Crippen molar-refractivity contribution in [2.75, 3.05) is 30.8 Å². The fourth-order valence-corrected chi connectivity index (χ4v) is 2.01. The van der Waals surface area contributed by atoms with Crippen molar-refractivity contribution in [3.8, 4) is 0 Å². The highest BCUT2D eigenvalue weighted by atomic mass is 32.2. The largest absolute Gasteiger partial charge is 0.397 e. The Labute approximate surface area is 114 Å². The second-order valence-electron chi connectivity index (χ2n) is 4.19. The Balaban J connectivity index is 2.53. The van der Waals surface area contributed by atoms with Crippen LogP contribution in [0.1, 0.15) is 19.8 Å². The lowest BCUT2D eigenvalue weighted by Gasteiger charge is -2.11. The number of unbranched alkanes of at least 4 members (excludes halogenated alkanes) is 1. The molecule has 6 nitrogen and oxygen atoms in total. The van der Waals surface area contributed by atoms with Gasteiger partial charge in [0.1, 0.15) is 0 Å². The maximum absolute atomic E-state index is 11.2. The average Bonchev–Trinajstić information content (AvgIpc) is 2.34. The zero-order valence-electron chi connectivity index (χ0n) is 11.1. The van der Waals surface area contributed by atoms with E-state index in [0.29, 0.717) is 24.5 Å². The fourth-order valence-electron chi connectivity index (χ4n) is 1.47. The molecule has 0 heterocycles. The second kappa shape index (κ2) is 7.32. The minimum absolute atomic E-state index is 0.0381. The first-order valence-electron chi connectivity index (χ1n) is 6.19. The summed E-state index contributed by atoms with van der Waals surface area (Å²) < 4.78 is 27.8. The molecule has 5 N–H and O–H groups in total. The number of ether oxygens (including phenoxy) is 1. The normalized spacial score (nSPS) is 11.5. The summed E-state index contributed by atoms with van der Waals surface area (Å²) in [5.74, 6) is 0. The highest BCUT2D eigenvalue weighted by Crippen LogP contribution is 2.21. The standard InChI is InChI=1S/C12H21N3O3S/c1-2-3-7-18-8-6-15-12-9-10(19(14,16)17)4-5-11(12)13/h4-5,9,15H,2-3,6-8,13H2,1H3,(H2,14,16,17). The molecule has 0 saturated heterocycles. The molecule has 0 aliphatic carbocycles. The summed E-state index contributed by atoms with van der Waals surface area (Å²) in [5.41, 5.74) is 6.78. The number of sulfonamides is 1. The summed E-state index contributed by atoms with van der Waals surface area (Å²) in [6.45, 7) is 3.92. The smallest absolute Gasteiger partial charge is 0.238 e.